The number of nitrogens with one attached hydrogen (secondary N) is 3. The van der Waals surface area contributed by atoms with Crippen molar-refractivity contribution in [1.82, 2.24) is 15.5 Å². The van der Waals surface area contributed by atoms with Crippen LogP contribution in [0, 0.1) is 11.6 Å². The fourth-order valence-corrected chi connectivity index (χ4v) is 3.42. The molecule has 0 aliphatic carbocycles. The van der Waals surface area contributed by atoms with E-state index in [1.54, 1.807) is 48.5 Å². The zero-order chi connectivity index (χ0) is 24.1. The second-order valence-electron chi connectivity index (χ2n) is 7.20. The summed E-state index contributed by atoms with van der Waals surface area (Å²) in [5, 5.41) is 13.4. The molecule has 1 heterocycles. The Labute approximate surface area is 203 Å². The van der Waals surface area contributed by atoms with Crippen LogP contribution in [0.5, 0.6) is 0 Å². The standard InChI is InChI=1S/C24H17Cl2F2N5O/c25-17-5-1-16(2-6-17)23(34)31-24(29-13-14-9-18(26)11-20(28)10-14)30-22-12-21(32-33-22)15-3-7-19(27)8-4-15/h1-12H,13H2,(H3,29,30,31,32,33,34). The highest BCUT2D eigenvalue weighted by Crippen LogP contribution is 2.20. The van der Waals surface area contributed by atoms with Gasteiger partial charge in [0.05, 0.1) is 12.2 Å². The van der Waals surface area contributed by atoms with E-state index in [0.717, 1.165) is 5.56 Å². The van der Waals surface area contributed by atoms with Gasteiger partial charge in [-0.15, -0.1) is 0 Å². The second kappa shape index (κ2) is 10.5. The topological polar surface area (TPSA) is 82.2 Å². The molecule has 3 aromatic carbocycles. The van der Waals surface area contributed by atoms with Crippen LogP contribution in [0.25, 0.3) is 11.3 Å². The number of aliphatic imine (C=N–C) groups is 1. The van der Waals surface area contributed by atoms with Crippen LogP contribution in [0.2, 0.25) is 10.0 Å². The maximum atomic E-state index is 13.7. The third-order valence-corrected chi connectivity index (χ3v) is 5.13. The molecule has 4 aromatic rings. The first-order valence-electron chi connectivity index (χ1n) is 10.0. The second-order valence-corrected chi connectivity index (χ2v) is 8.08. The average Bonchev–Trinajstić information content (AvgIpc) is 3.26. The van der Waals surface area contributed by atoms with Gasteiger partial charge in [-0.3, -0.25) is 15.2 Å². The van der Waals surface area contributed by atoms with Crippen molar-refractivity contribution in [1.29, 1.82) is 0 Å². The van der Waals surface area contributed by atoms with Crippen molar-refractivity contribution in [3.63, 3.8) is 0 Å². The van der Waals surface area contributed by atoms with Crippen molar-refractivity contribution in [2.45, 2.75) is 6.54 Å². The number of nitrogens with zero attached hydrogens (tertiary/aromatic N) is 2. The van der Waals surface area contributed by atoms with Gasteiger partial charge < -0.3 is 5.32 Å². The van der Waals surface area contributed by atoms with E-state index in [2.05, 4.69) is 25.8 Å². The first-order chi connectivity index (χ1) is 16.4. The summed E-state index contributed by atoms with van der Waals surface area (Å²) in [6.07, 6.45) is 0. The van der Waals surface area contributed by atoms with Crippen LogP contribution >= 0.6 is 23.2 Å². The van der Waals surface area contributed by atoms with Crippen molar-refractivity contribution < 1.29 is 13.6 Å². The van der Waals surface area contributed by atoms with Gasteiger partial charge in [0.15, 0.2) is 5.82 Å². The Kier molecular flexibility index (Phi) is 7.20. The number of H-pyrrole nitrogens is 1. The monoisotopic (exact) mass is 499 g/mol. The largest absolute Gasteiger partial charge is 0.309 e. The van der Waals surface area contributed by atoms with E-state index in [1.165, 1.54) is 24.3 Å². The lowest BCUT2D eigenvalue weighted by molar-refractivity contribution is 0.0977. The Morgan fingerprint density at radius 2 is 1.65 bits per heavy atom. The highest BCUT2D eigenvalue weighted by atomic mass is 35.5. The first-order valence-corrected chi connectivity index (χ1v) is 10.8. The van der Waals surface area contributed by atoms with E-state index in [9.17, 15) is 13.6 Å². The first kappa shape index (κ1) is 23.4. The highest BCUT2D eigenvalue weighted by molar-refractivity contribution is 6.31. The van der Waals surface area contributed by atoms with E-state index >= 15 is 0 Å². The number of aromatic nitrogens is 2. The molecule has 0 aliphatic rings. The molecular weight excluding hydrogens is 483 g/mol. The van der Waals surface area contributed by atoms with Crippen LogP contribution in [0.3, 0.4) is 0 Å². The van der Waals surface area contributed by atoms with Crippen LogP contribution in [0.1, 0.15) is 15.9 Å². The number of halogens is 4. The Balaban J connectivity index is 1.57. The number of amides is 1. The van der Waals surface area contributed by atoms with E-state index in [1.807, 2.05) is 0 Å². The molecule has 0 radical (unpaired) electrons. The molecule has 0 atom stereocenters. The molecule has 4 rings (SSSR count). The molecule has 0 bridgehead atoms. The van der Waals surface area contributed by atoms with Crippen LogP contribution in [-0.4, -0.2) is 22.1 Å². The average molecular weight is 500 g/mol. The minimum Gasteiger partial charge on any atom is -0.309 e. The molecule has 34 heavy (non-hydrogen) atoms. The predicted molar refractivity (Wildman–Crippen MR) is 129 cm³/mol. The molecule has 172 valence electrons. The summed E-state index contributed by atoms with van der Waals surface area (Å²) in [4.78, 5) is 17.1. The zero-order valence-electron chi connectivity index (χ0n) is 17.4. The lowest BCUT2D eigenvalue weighted by atomic mass is 10.1. The number of rotatable bonds is 5. The van der Waals surface area contributed by atoms with Gasteiger partial charge in [0.1, 0.15) is 11.6 Å². The van der Waals surface area contributed by atoms with Gasteiger partial charge in [-0.2, -0.15) is 5.10 Å². The summed E-state index contributed by atoms with van der Waals surface area (Å²) in [6.45, 7) is 0.0377. The van der Waals surface area contributed by atoms with Crippen molar-refractivity contribution in [3.05, 3.63) is 106 Å². The Morgan fingerprint density at radius 1 is 0.912 bits per heavy atom. The SMILES string of the molecule is O=C(NC(=NCc1cc(F)cc(Cl)c1)Nc1cc(-c2ccc(F)cc2)[nH]n1)c1ccc(Cl)cc1. The summed E-state index contributed by atoms with van der Waals surface area (Å²) < 4.78 is 26.9. The molecule has 0 unspecified atom stereocenters. The minimum absolute atomic E-state index is 0.0377. The quantitative estimate of drug-likeness (QED) is 0.230. The highest BCUT2D eigenvalue weighted by Gasteiger charge is 2.12. The number of aromatic amines is 1. The third kappa shape index (κ3) is 6.18. The van der Waals surface area contributed by atoms with Crippen molar-refractivity contribution in [3.8, 4) is 11.3 Å². The number of hydrogen-bond donors (Lipinski definition) is 3. The molecule has 6 nitrogen and oxygen atoms in total. The smallest absolute Gasteiger partial charge is 0.257 e. The Hall–Kier alpha value is -3.75. The molecule has 0 spiro atoms. The molecule has 3 N–H and O–H groups in total. The predicted octanol–water partition coefficient (Wildman–Crippen LogP) is 6.06. The number of carbonyl (C=O) groups is 1. The van der Waals surface area contributed by atoms with Gasteiger partial charge in [-0.1, -0.05) is 23.2 Å². The number of hydrogen-bond acceptors (Lipinski definition) is 3. The maximum absolute atomic E-state index is 13.7. The van der Waals surface area contributed by atoms with E-state index in [4.69, 9.17) is 23.2 Å². The number of anilines is 1. The van der Waals surface area contributed by atoms with E-state index < -0.39 is 11.7 Å². The van der Waals surface area contributed by atoms with Crippen LogP contribution in [-0.2, 0) is 6.54 Å². The summed E-state index contributed by atoms with van der Waals surface area (Å²) in [5.41, 5.74) is 2.23. The van der Waals surface area contributed by atoms with Crippen LogP contribution in [0.4, 0.5) is 14.6 Å². The molecule has 0 aliphatic heterocycles. The van der Waals surface area contributed by atoms with Crippen molar-refractivity contribution >= 4 is 40.9 Å². The van der Waals surface area contributed by atoms with Gasteiger partial charge >= 0.3 is 0 Å². The molecule has 0 saturated carbocycles. The Morgan fingerprint density at radius 3 is 2.35 bits per heavy atom. The summed E-state index contributed by atoms with van der Waals surface area (Å²) in [6, 6.07) is 18.0. The van der Waals surface area contributed by atoms with Gasteiger partial charge in [-0.05, 0) is 77.9 Å². The maximum Gasteiger partial charge on any atom is 0.257 e. The summed E-state index contributed by atoms with van der Waals surface area (Å²) in [5.74, 6) is -0.842. The summed E-state index contributed by atoms with van der Waals surface area (Å²) in [7, 11) is 0. The van der Waals surface area contributed by atoms with Gasteiger partial charge in [0.2, 0.25) is 5.96 Å². The third-order valence-electron chi connectivity index (χ3n) is 4.66. The van der Waals surface area contributed by atoms with Gasteiger partial charge in [0.25, 0.3) is 5.91 Å². The Bertz CT molecular complexity index is 1320. The van der Waals surface area contributed by atoms with E-state index in [-0.39, 0.29) is 23.3 Å². The number of benzene rings is 3. The molecule has 0 saturated heterocycles. The molecule has 0 fully saturated rings. The fraction of sp³-hybridized carbons (Fsp3) is 0.0417. The molecular formula is C24H17Cl2F2N5O. The zero-order valence-corrected chi connectivity index (χ0v) is 19.0. The normalized spacial score (nSPS) is 11.4. The fourth-order valence-electron chi connectivity index (χ4n) is 3.05. The van der Waals surface area contributed by atoms with Gasteiger partial charge in [-0.25, -0.2) is 13.8 Å². The lowest BCUT2D eigenvalue weighted by Crippen LogP contribution is -2.36. The number of guanidine groups is 1. The molecule has 1 aromatic heterocycles. The molecule has 10 heteroatoms. The van der Waals surface area contributed by atoms with Crippen LogP contribution < -0.4 is 10.6 Å². The molecule has 1 amide bonds. The lowest BCUT2D eigenvalue weighted by Gasteiger charge is -2.10. The van der Waals surface area contributed by atoms with Gasteiger partial charge in [0, 0.05) is 21.7 Å². The number of carbonyl (C=O) groups excluding carboxylic acids is 1. The van der Waals surface area contributed by atoms with E-state index in [0.29, 0.717) is 27.7 Å². The van der Waals surface area contributed by atoms with Crippen molar-refractivity contribution in [2.24, 2.45) is 4.99 Å². The minimum atomic E-state index is -0.492. The van der Waals surface area contributed by atoms with Crippen LogP contribution in [0.15, 0.2) is 77.8 Å². The summed E-state index contributed by atoms with van der Waals surface area (Å²) >= 11 is 11.8. The van der Waals surface area contributed by atoms with Crippen molar-refractivity contribution in [2.75, 3.05) is 5.32 Å².